The van der Waals surface area contributed by atoms with Crippen LogP contribution in [0.15, 0.2) is 52.3 Å². The fourth-order valence-electron chi connectivity index (χ4n) is 3.02. The van der Waals surface area contributed by atoms with E-state index in [2.05, 4.69) is 5.32 Å². The van der Waals surface area contributed by atoms with E-state index in [0.717, 1.165) is 0 Å². The molecule has 0 aliphatic heterocycles. The molecule has 2 aromatic heterocycles. The summed E-state index contributed by atoms with van der Waals surface area (Å²) in [5.41, 5.74) is -0.942. The lowest BCUT2D eigenvalue weighted by atomic mass is 10.1. The van der Waals surface area contributed by atoms with Crippen molar-refractivity contribution in [3.63, 3.8) is 0 Å². The van der Waals surface area contributed by atoms with Gasteiger partial charge in [-0.25, -0.2) is 18.2 Å². The monoisotopic (exact) mass is 418 g/mol. The number of amides is 1. The number of aromatic nitrogens is 2. The zero-order chi connectivity index (χ0) is 21.3. The molecule has 2 heterocycles. The zero-order valence-corrected chi connectivity index (χ0v) is 16.8. The third-order valence-corrected chi connectivity index (χ3v) is 5.47. The van der Waals surface area contributed by atoms with Crippen LogP contribution < -0.4 is 16.0 Å². The quantitative estimate of drug-likeness (QED) is 0.560. The van der Waals surface area contributed by atoms with Gasteiger partial charge in [-0.3, -0.25) is 14.1 Å². The van der Waals surface area contributed by atoms with E-state index in [9.17, 15) is 23.1 Å². The van der Waals surface area contributed by atoms with Gasteiger partial charge in [0.25, 0.3) is 11.5 Å². The van der Waals surface area contributed by atoms with Crippen molar-refractivity contribution in [3.8, 4) is 5.75 Å². The second kappa shape index (κ2) is 7.72. The summed E-state index contributed by atoms with van der Waals surface area (Å²) in [6.45, 7) is 4.36. The van der Waals surface area contributed by atoms with Gasteiger partial charge in [0.2, 0.25) is 10.0 Å². The topological polar surface area (TPSA) is 136 Å². The van der Waals surface area contributed by atoms with E-state index in [4.69, 9.17) is 5.14 Å². The van der Waals surface area contributed by atoms with Crippen LogP contribution in [0.1, 0.15) is 30.6 Å². The van der Waals surface area contributed by atoms with Crippen molar-refractivity contribution in [2.24, 2.45) is 11.1 Å². The molecule has 154 valence electrons. The average molecular weight is 418 g/mol. The molecule has 4 N–H and O–H groups in total. The number of nitrogens with zero attached hydrogens (tertiary/aromatic N) is 2. The molecule has 10 heteroatoms. The Kier molecular flexibility index (Phi) is 5.49. The first-order valence-electron chi connectivity index (χ1n) is 8.97. The number of aromatic hydroxyl groups is 1. The first-order chi connectivity index (χ1) is 13.6. The number of hydrogen-bond acceptors (Lipinski definition) is 5. The molecule has 0 bridgehead atoms. The van der Waals surface area contributed by atoms with E-state index < -0.39 is 32.8 Å². The Bertz CT molecular complexity index is 1240. The lowest BCUT2D eigenvalue weighted by Gasteiger charge is -2.16. The summed E-state index contributed by atoms with van der Waals surface area (Å²) in [7, 11) is -4.10. The molecule has 0 saturated carbocycles. The van der Waals surface area contributed by atoms with Gasteiger partial charge in [0.1, 0.15) is 10.4 Å². The molecule has 1 aromatic carbocycles. The molecule has 1 amide bonds. The molecule has 0 aliphatic carbocycles. The standard InChI is InChI=1S/C19H22N4O5S/c1-12(2)9-11-23-19(26)16(17(24)14-7-5-10-22(14)23)18(25)21-13-6-3-4-8-15(13)29(20,27)28/h3-8,10,12,24H,9,11H2,1-2H3,(H,21,25)(H2,20,27,28). The van der Waals surface area contributed by atoms with Crippen LogP contribution >= 0.6 is 0 Å². The summed E-state index contributed by atoms with van der Waals surface area (Å²) >= 11 is 0. The Hall–Kier alpha value is -3.11. The van der Waals surface area contributed by atoms with Crippen LogP contribution in [0.4, 0.5) is 5.69 Å². The molecular formula is C19H22N4O5S. The minimum atomic E-state index is -4.10. The summed E-state index contributed by atoms with van der Waals surface area (Å²) in [5.74, 6) is -1.09. The number of nitrogens with one attached hydrogen (secondary N) is 1. The third kappa shape index (κ3) is 4.03. The SMILES string of the molecule is CC(C)CCn1c(=O)c(C(=O)Nc2ccccc2S(N)(=O)=O)c(O)c2cccn21. The summed E-state index contributed by atoms with van der Waals surface area (Å²) in [6, 6.07) is 8.79. The van der Waals surface area contributed by atoms with Crippen LogP contribution in [0.5, 0.6) is 5.75 Å². The Morgan fingerprint density at radius 1 is 1.21 bits per heavy atom. The summed E-state index contributed by atoms with van der Waals surface area (Å²) in [5, 5.41) is 18.1. The normalized spacial score (nSPS) is 11.9. The number of anilines is 1. The molecule has 0 fully saturated rings. The van der Waals surface area contributed by atoms with E-state index >= 15 is 0 Å². The molecule has 0 saturated heterocycles. The number of para-hydroxylation sites is 1. The van der Waals surface area contributed by atoms with Crippen LogP contribution in [0.2, 0.25) is 0 Å². The molecule has 0 spiro atoms. The van der Waals surface area contributed by atoms with Crippen molar-refractivity contribution < 1.29 is 18.3 Å². The number of primary sulfonamides is 1. The maximum absolute atomic E-state index is 13.0. The summed E-state index contributed by atoms with van der Waals surface area (Å²) in [6.07, 6.45) is 2.31. The minimum Gasteiger partial charge on any atom is -0.505 e. The van der Waals surface area contributed by atoms with Gasteiger partial charge in [-0.15, -0.1) is 0 Å². The van der Waals surface area contributed by atoms with Crippen LogP contribution in [0.25, 0.3) is 5.52 Å². The van der Waals surface area contributed by atoms with Crippen LogP contribution in [0, 0.1) is 5.92 Å². The molecule has 0 radical (unpaired) electrons. The Morgan fingerprint density at radius 2 is 1.90 bits per heavy atom. The number of benzene rings is 1. The molecule has 0 atom stereocenters. The van der Waals surface area contributed by atoms with E-state index in [1.54, 1.807) is 18.3 Å². The van der Waals surface area contributed by atoms with Gasteiger partial charge >= 0.3 is 0 Å². The van der Waals surface area contributed by atoms with Crippen molar-refractivity contribution in [1.82, 2.24) is 9.20 Å². The Morgan fingerprint density at radius 3 is 2.55 bits per heavy atom. The molecule has 3 rings (SSSR count). The first-order valence-corrected chi connectivity index (χ1v) is 10.5. The fourth-order valence-corrected chi connectivity index (χ4v) is 3.72. The van der Waals surface area contributed by atoms with Crippen LogP contribution in [0.3, 0.4) is 0 Å². The zero-order valence-electron chi connectivity index (χ0n) is 16.0. The highest BCUT2D eigenvalue weighted by Crippen LogP contribution is 2.25. The van der Waals surface area contributed by atoms with Gasteiger partial charge in [-0.1, -0.05) is 26.0 Å². The van der Waals surface area contributed by atoms with E-state index in [1.807, 2.05) is 13.8 Å². The second-order valence-electron chi connectivity index (χ2n) is 7.07. The van der Waals surface area contributed by atoms with Gasteiger partial charge in [0, 0.05) is 12.7 Å². The van der Waals surface area contributed by atoms with Gasteiger partial charge < -0.3 is 10.4 Å². The fraction of sp³-hybridized carbons (Fsp3) is 0.263. The van der Waals surface area contributed by atoms with E-state index in [0.29, 0.717) is 24.4 Å². The third-order valence-electron chi connectivity index (χ3n) is 4.50. The van der Waals surface area contributed by atoms with Crippen molar-refractivity contribution in [1.29, 1.82) is 0 Å². The predicted octanol–water partition coefficient (Wildman–Crippen LogP) is 1.75. The van der Waals surface area contributed by atoms with Crippen molar-refractivity contribution >= 4 is 27.1 Å². The number of aryl methyl sites for hydroxylation is 1. The summed E-state index contributed by atoms with van der Waals surface area (Å²) < 4.78 is 26.4. The van der Waals surface area contributed by atoms with Gasteiger partial charge in [0.05, 0.1) is 5.69 Å². The van der Waals surface area contributed by atoms with Crippen molar-refractivity contribution in [3.05, 3.63) is 58.5 Å². The molecule has 3 aromatic rings. The lowest BCUT2D eigenvalue weighted by molar-refractivity contribution is 0.102. The van der Waals surface area contributed by atoms with Gasteiger partial charge in [-0.05, 0) is 36.6 Å². The number of rotatable bonds is 6. The first kappa shape index (κ1) is 20.6. The highest BCUT2D eigenvalue weighted by Gasteiger charge is 2.24. The molecule has 0 unspecified atom stereocenters. The molecular weight excluding hydrogens is 396 g/mol. The molecule has 0 aliphatic rings. The summed E-state index contributed by atoms with van der Waals surface area (Å²) in [4.78, 5) is 25.6. The number of sulfonamides is 1. The number of carbonyl (C=O) groups excluding carboxylic acids is 1. The maximum atomic E-state index is 13.0. The maximum Gasteiger partial charge on any atom is 0.282 e. The average Bonchev–Trinajstić information content (AvgIpc) is 3.11. The van der Waals surface area contributed by atoms with E-state index in [-0.39, 0.29) is 10.6 Å². The lowest BCUT2D eigenvalue weighted by Crippen LogP contribution is -2.33. The van der Waals surface area contributed by atoms with Crippen LogP contribution in [-0.2, 0) is 16.6 Å². The number of nitrogens with two attached hydrogens (primary N) is 1. The van der Waals surface area contributed by atoms with Crippen molar-refractivity contribution in [2.45, 2.75) is 31.7 Å². The predicted molar refractivity (Wildman–Crippen MR) is 109 cm³/mol. The molecule has 29 heavy (non-hydrogen) atoms. The molecule has 9 nitrogen and oxygen atoms in total. The van der Waals surface area contributed by atoms with Gasteiger partial charge in [-0.2, -0.15) is 0 Å². The second-order valence-corrected chi connectivity index (χ2v) is 8.60. The highest BCUT2D eigenvalue weighted by atomic mass is 32.2. The Balaban J connectivity index is 2.11. The van der Waals surface area contributed by atoms with E-state index in [1.165, 1.54) is 33.5 Å². The minimum absolute atomic E-state index is 0.0808. The highest BCUT2D eigenvalue weighted by molar-refractivity contribution is 7.89. The number of hydrogen-bond donors (Lipinski definition) is 3. The van der Waals surface area contributed by atoms with Gasteiger partial charge in [0.15, 0.2) is 11.3 Å². The largest absolute Gasteiger partial charge is 0.505 e. The van der Waals surface area contributed by atoms with Crippen molar-refractivity contribution in [2.75, 3.05) is 5.32 Å². The van der Waals surface area contributed by atoms with Crippen LogP contribution in [-0.4, -0.2) is 28.6 Å². The number of carbonyl (C=O) groups is 1. The smallest absolute Gasteiger partial charge is 0.282 e. The Labute approximate surface area is 167 Å². The number of fused-ring (bicyclic) bond motifs is 1.